The van der Waals surface area contributed by atoms with Crippen molar-refractivity contribution in [3.8, 4) is 0 Å². The molecule has 12 heavy (non-hydrogen) atoms. The second-order valence-corrected chi connectivity index (χ2v) is 2.68. The van der Waals surface area contributed by atoms with Crippen LogP contribution in [0.1, 0.15) is 2.85 Å². The van der Waals surface area contributed by atoms with Gasteiger partial charge in [0, 0.05) is 30.3 Å². The van der Waals surface area contributed by atoms with Crippen LogP contribution in [-0.2, 0) is 17.1 Å². The van der Waals surface area contributed by atoms with Gasteiger partial charge >= 0.3 is 45.4 Å². The van der Waals surface area contributed by atoms with E-state index in [1.807, 2.05) is 0 Å². The average molecular weight is 205 g/mol. The zero-order chi connectivity index (χ0) is 8.36. The standard InChI is InChI=1S/2C3H7O2.Al.Na.2H2.H/c2*1-5-3-2-4;;;;;/h2*2-3H2,1H3;;;2*1H;/q2*-1;+2;;;;. The SMILES string of the molecule is COCC[O][Al][O]CCOC.[HH].[HH].[NaH]. The predicted molar refractivity (Wildman–Crippen MR) is 52.8 cm³/mol. The van der Waals surface area contributed by atoms with Crippen molar-refractivity contribution in [2.75, 3.05) is 40.6 Å². The molecule has 6 heteroatoms. The Morgan fingerprint density at radius 2 is 1.33 bits per heavy atom. The first kappa shape index (κ1) is 15.8. The van der Waals surface area contributed by atoms with Gasteiger partial charge in [-0.15, -0.1) is 0 Å². The molecule has 0 aromatic heterocycles. The summed E-state index contributed by atoms with van der Waals surface area (Å²) in [6, 6.07) is 0. The number of rotatable bonds is 8. The van der Waals surface area contributed by atoms with Crippen molar-refractivity contribution >= 4 is 45.4 Å². The van der Waals surface area contributed by atoms with Crippen LogP contribution < -0.4 is 0 Å². The molecule has 0 aromatic carbocycles. The molecule has 0 rings (SSSR count). The molecule has 0 aliphatic carbocycles. The van der Waals surface area contributed by atoms with E-state index in [2.05, 4.69) is 0 Å². The van der Waals surface area contributed by atoms with E-state index in [0.29, 0.717) is 26.4 Å². The summed E-state index contributed by atoms with van der Waals surface area (Å²) >= 11 is -0.349. The molecule has 0 saturated carbocycles. The molecule has 0 amide bonds. The Hall–Kier alpha value is 1.37. The first-order valence-corrected chi connectivity index (χ1v) is 4.39. The van der Waals surface area contributed by atoms with Crippen molar-refractivity contribution in [3.05, 3.63) is 0 Å². The van der Waals surface area contributed by atoms with Gasteiger partial charge in [-0.3, -0.25) is 0 Å². The Kier molecular flexibility index (Phi) is 19.6. The van der Waals surface area contributed by atoms with E-state index in [4.69, 9.17) is 17.1 Å². The fraction of sp³-hybridized carbons (Fsp3) is 1.00. The summed E-state index contributed by atoms with van der Waals surface area (Å²) in [5.74, 6) is 0. The normalized spacial score (nSPS) is 9.17. The maximum absolute atomic E-state index is 5.10. The van der Waals surface area contributed by atoms with Crippen LogP contribution >= 0.6 is 0 Å². The third-order valence-electron chi connectivity index (χ3n) is 0.947. The van der Waals surface area contributed by atoms with E-state index in [9.17, 15) is 0 Å². The van der Waals surface area contributed by atoms with Gasteiger partial charge in [0.2, 0.25) is 0 Å². The second kappa shape index (κ2) is 14.9. The Morgan fingerprint density at radius 1 is 0.917 bits per heavy atom. The third-order valence-corrected chi connectivity index (χ3v) is 1.69. The number of methoxy groups -OCH3 is 2. The minimum atomic E-state index is -0.349. The molecule has 0 spiro atoms. The molecule has 0 fully saturated rings. The quantitative estimate of drug-likeness (QED) is 0.402. The maximum atomic E-state index is 5.10. The monoisotopic (exact) mass is 205 g/mol. The predicted octanol–water partition coefficient (Wildman–Crippen LogP) is -0.310. The van der Waals surface area contributed by atoms with Crippen molar-refractivity contribution in [2.24, 2.45) is 0 Å². The molecule has 0 saturated heterocycles. The van der Waals surface area contributed by atoms with Crippen molar-refractivity contribution < 1.29 is 19.9 Å². The first-order chi connectivity index (χ1) is 5.41. The van der Waals surface area contributed by atoms with Gasteiger partial charge in [-0.2, -0.15) is 0 Å². The Labute approximate surface area is 106 Å². The average Bonchev–Trinajstić information content (AvgIpc) is 2.03. The van der Waals surface area contributed by atoms with Gasteiger partial charge in [0.25, 0.3) is 0 Å². The zero-order valence-corrected chi connectivity index (χ0v) is 8.19. The summed E-state index contributed by atoms with van der Waals surface area (Å²) in [5, 5.41) is 0. The number of hydrogen-bond acceptors (Lipinski definition) is 4. The first-order valence-electron chi connectivity index (χ1n) is 3.44. The van der Waals surface area contributed by atoms with Gasteiger partial charge in [-0.1, -0.05) is 0 Å². The molecule has 0 N–H and O–H groups in total. The number of ether oxygens (including phenoxy) is 2. The van der Waals surface area contributed by atoms with E-state index in [1.54, 1.807) is 14.2 Å². The van der Waals surface area contributed by atoms with Crippen LogP contribution in [-0.4, -0.2) is 86.1 Å². The second-order valence-electron chi connectivity index (χ2n) is 1.82. The Balaban J connectivity index is -0.000000167. The minimum absolute atomic E-state index is 0. The topological polar surface area (TPSA) is 36.9 Å². The Morgan fingerprint density at radius 3 is 1.67 bits per heavy atom. The molecule has 0 unspecified atom stereocenters. The molecular weight excluding hydrogens is 186 g/mol. The summed E-state index contributed by atoms with van der Waals surface area (Å²) in [6.45, 7) is 2.47. The summed E-state index contributed by atoms with van der Waals surface area (Å²) in [4.78, 5) is 0. The molecule has 0 aromatic rings. The fourth-order valence-electron chi connectivity index (χ4n) is 0.407. The van der Waals surface area contributed by atoms with Gasteiger partial charge in [-0.25, -0.2) is 0 Å². The van der Waals surface area contributed by atoms with Gasteiger partial charge in [-0.05, 0) is 0 Å². The summed E-state index contributed by atoms with van der Waals surface area (Å²) < 4.78 is 19.8. The van der Waals surface area contributed by atoms with Crippen molar-refractivity contribution in [3.63, 3.8) is 0 Å². The molecular formula is C6H19AlNaO4. The van der Waals surface area contributed by atoms with E-state index < -0.39 is 0 Å². The van der Waals surface area contributed by atoms with Gasteiger partial charge in [0.05, 0.1) is 13.2 Å². The van der Waals surface area contributed by atoms with E-state index >= 15 is 0 Å². The van der Waals surface area contributed by atoms with Gasteiger partial charge in [0.1, 0.15) is 0 Å². The molecule has 71 valence electrons. The van der Waals surface area contributed by atoms with Crippen molar-refractivity contribution in [2.45, 2.75) is 0 Å². The van der Waals surface area contributed by atoms with Crippen LogP contribution in [0.5, 0.6) is 0 Å². The van der Waals surface area contributed by atoms with Crippen molar-refractivity contribution in [1.82, 2.24) is 0 Å². The van der Waals surface area contributed by atoms with E-state index in [-0.39, 0.29) is 48.3 Å². The van der Waals surface area contributed by atoms with E-state index in [1.165, 1.54) is 0 Å². The zero-order valence-electron chi connectivity index (χ0n) is 7.04. The van der Waals surface area contributed by atoms with Crippen LogP contribution in [0.4, 0.5) is 0 Å². The van der Waals surface area contributed by atoms with Crippen LogP contribution in [0.3, 0.4) is 0 Å². The number of hydrogen-bond donors (Lipinski definition) is 0. The fourth-order valence-corrected chi connectivity index (χ4v) is 0.888. The summed E-state index contributed by atoms with van der Waals surface area (Å²) in [6.07, 6.45) is 0. The molecule has 0 bridgehead atoms. The summed E-state index contributed by atoms with van der Waals surface area (Å²) in [7, 11) is 3.29. The Bertz CT molecular complexity index is 76.9. The summed E-state index contributed by atoms with van der Waals surface area (Å²) in [5.41, 5.74) is 0. The molecule has 1 radical (unpaired) electrons. The molecule has 0 atom stereocenters. The molecule has 0 aliphatic rings. The van der Waals surface area contributed by atoms with Crippen LogP contribution in [0.25, 0.3) is 0 Å². The van der Waals surface area contributed by atoms with Crippen LogP contribution in [0.2, 0.25) is 0 Å². The van der Waals surface area contributed by atoms with E-state index in [0.717, 1.165) is 0 Å². The van der Waals surface area contributed by atoms with Gasteiger partial charge in [0.15, 0.2) is 0 Å². The van der Waals surface area contributed by atoms with Crippen LogP contribution in [0.15, 0.2) is 0 Å². The molecule has 4 nitrogen and oxygen atoms in total. The van der Waals surface area contributed by atoms with Gasteiger partial charge < -0.3 is 17.1 Å². The third kappa shape index (κ3) is 13.9. The van der Waals surface area contributed by atoms with Crippen molar-refractivity contribution in [1.29, 1.82) is 0 Å². The molecule has 0 heterocycles. The molecule has 0 aliphatic heterocycles. The van der Waals surface area contributed by atoms with Crippen LogP contribution in [0, 0.1) is 0 Å².